The van der Waals surface area contributed by atoms with Gasteiger partial charge < -0.3 is 14.1 Å². The third-order valence-electron chi connectivity index (χ3n) is 4.85. The molecule has 1 fully saturated rings. The third kappa shape index (κ3) is 4.34. The van der Waals surface area contributed by atoms with E-state index in [9.17, 15) is 4.79 Å². The number of ether oxygens (including phenoxy) is 1. The number of nitrogens with zero attached hydrogens (tertiary/aromatic N) is 3. The lowest BCUT2D eigenvalue weighted by Gasteiger charge is -2.29. The van der Waals surface area contributed by atoms with E-state index in [1.165, 1.54) is 0 Å². The second kappa shape index (κ2) is 8.89. The van der Waals surface area contributed by atoms with Gasteiger partial charge in [0, 0.05) is 30.8 Å². The number of hydrogen-bond acceptors (Lipinski definition) is 5. The average Bonchev–Trinajstić information content (AvgIpc) is 3.21. The molecule has 0 radical (unpaired) electrons. The van der Waals surface area contributed by atoms with Gasteiger partial charge in [-0.3, -0.25) is 4.98 Å². The maximum atomic E-state index is 12.4. The fourth-order valence-corrected chi connectivity index (χ4v) is 3.26. The van der Waals surface area contributed by atoms with Gasteiger partial charge in [-0.1, -0.05) is 30.3 Å². The SMILES string of the molecule is Cc1ncccc1OC(=O)N1CCC(c2nc(-c3ccccc3)co2)CC1.Cl. The average molecular weight is 400 g/mol. The second-order valence-corrected chi connectivity index (χ2v) is 6.65. The van der Waals surface area contributed by atoms with Gasteiger partial charge >= 0.3 is 6.09 Å². The van der Waals surface area contributed by atoms with Crippen LogP contribution < -0.4 is 4.74 Å². The summed E-state index contributed by atoms with van der Waals surface area (Å²) in [6.07, 6.45) is 4.65. The molecule has 0 N–H and O–H groups in total. The highest BCUT2D eigenvalue weighted by Gasteiger charge is 2.28. The number of benzene rings is 1. The molecule has 146 valence electrons. The van der Waals surface area contributed by atoms with E-state index in [-0.39, 0.29) is 24.4 Å². The molecule has 2 aromatic heterocycles. The molecule has 1 aliphatic heterocycles. The summed E-state index contributed by atoms with van der Waals surface area (Å²) < 4.78 is 11.2. The van der Waals surface area contributed by atoms with Gasteiger partial charge in [0.15, 0.2) is 11.6 Å². The van der Waals surface area contributed by atoms with Crippen LogP contribution in [0.15, 0.2) is 59.3 Å². The van der Waals surface area contributed by atoms with Crippen molar-refractivity contribution >= 4 is 18.5 Å². The van der Waals surface area contributed by atoms with Crippen molar-refractivity contribution in [2.45, 2.75) is 25.7 Å². The number of aromatic nitrogens is 2. The molecule has 7 heteroatoms. The molecule has 3 heterocycles. The summed E-state index contributed by atoms with van der Waals surface area (Å²) in [5, 5.41) is 0. The number of oxazole rings is 1. The smallest absolute Gasteiger partial charge is 0.415 e. The molecule has 0 unspecified atom stereocenters. The number of halogens is 1. The van der Waals surface area contributed by atoms with E-state index < -0.39 is 0 Å². The second-order valence-electron chi connectivity index (χ2n) is 6.65. The Kier molecular flexibility index (Phi) is 6.31. The molecule has 0 atom stereocenters. The topological polar surface area (TPSA) is 68.5 Å². The number of likely N-dealkylation sites (tertiary alicyclic amines) is 1. The third-order valence-corrected chi connectivity index (χ3v) is 4.85. The highest BCUT2D eigenvalue weighted by molar-refractivity contribution is 5.85. The van der Waals surface area contributed by atoms with Gasteiger partial charge in [0.1, 0.15) is 12.0 Å². The maximum Gasteiger partial charge on any atom is 0.415 e. The van der Waals surface area contributed by atoms with Gasteiger partial charge in [-0.25, -0.2) is 9.78 Å². The number of aryl methyl sites for hydroxylation is 1. The highest BCUT2D eigenvalue weighted by atomic mass is 35.5. The van der Waals surface area contributed by atoms with E-state index in [1.807, 2.05) is 37.3 Å². The molecule has 0 saturated carbocycles. The predicted molar refractivity (Wildman–Crippen MR) is 108 cm³/mol. The minimum atomic E-state index is -0.332. The molecule has 6 nitrogen and oxygen atoms in total. The molecule has 0 bridgehead atoms. The Morgan fingerprint density at radius 3 is 2.61 bits per heavy atom. The summed E-state index contributed by atoms with van der Waals surface area (Å²) >= 11 is 0. The van der Waals surface area contributed by atoms with Gasteiger partial charge in [-0.2, -0.15) is 0 Å². The lowest BCUT2D eigenvalue weighted by atomic mass is 9.97. The van der Waals surface area contributed by atoms with E-state index in [0.29, 0.717) is 24.5 Å². The van der Waals surface area contributed by atoms with Crippen molar-refractivity contribution in [2.24, 2.45) is 0 Å². The van der Waals surface area contributed by atoms with Gasteiger partial charge in [0.05, 0.1) is 5.69 Å². The van der Waals surface area contributed by atoms with Crippen molar-refractivity contribution in [3.05, 3.63) is 66.5 Å². The van der Waals surface area contributed by atoms with E-state index in [2.05, 4.69) is 9.97 Å². The summed E-state index contributed by atoms with van der Waals surface area (Å²) in [5.41, 5.74) is 2.59. The number of carbonyl (C=O) groups is 1. The largest absolute Gasteiger partial charge is 0.448 e. The first kappa shape index (κ1) is 19.9. The van der Waals surface area contributed by atoms with Gasteiger partial charge in [0.25, 0.3) is 0 Å². The van der Waals surface area contributed by atoms with Crippen LogP contribution in [0.5, 0.6) is 5.75 Å². The summed E-state index contributed by atoms with van der Waals surface area (Å²) in [4.78, 5) is 22.9. The van der Waals surface area contributed by atoms with Gasteiger partial charge in [-0.15, -0.1) is 12.4 Å². The van der Waals surface area contributed by atoms with Crippen LogP contribution in [-0.4, -0.2) is 34.1 Å². The van der Waals surface area contributed by atoms with E-state index in [4.69, 9.17) is 9.15 Å². The quantitative estimate of drug-likeness (QED) is 0.630. The molecule has 1 aliphatic rings. The van der Waals surface area contributed by atoms with Crippen LogP contribution in [0.1, 0.15) is 30.3 Å². The molecule has 28 heavy (non-hydrogen) atoms. The normalized spacial score (nSPS) is 14.4. The van der Waals surface area contributed by atoms with E-state index in [1.54, 1.807) is 29.5 Å². The first-order valence-electron chi connectivity index (χ1n) is 9.10. The Labute approximate surface area is 170 Å². The number of pyridine rings is 1. The zero-order valence-electron chi connectivity index (χ0n) is 15.6. The summed E-state index contributed by atoms with van der Waals surface area (Å²) in [5.74, 6) is 1.46. The molecule has 0 aliphatic carbocycles. The number of carbonyl (C=O) groups excluding carboxylic acids is 1. The fraction of sp³-hybridized carbons (Fsp3) is 0.286. The first-order chi connectivity index (χ1) is 13.2. The van der Waals surface area contributed by atoms with Crippen LogP contribution in [0.4, 0.5) is 4.79 Å². The summed E-state index contributed by atoms with van der Waals surface area (Å²) in [6.45, 7) is 3.06. The lowest BCUT2D eigenvalue weighted by molar-refractivity contribution is 0.135. The van der Waals surface area contributed by atoms with Crippen LogP contribution in [0, 0.1) is 6.92 Å². The minimum absolute atomic E-state index is 0. The van der Waals surface area contributed by atoms with Crippen molar-refractivity contribution < 1.29 is 13.9 Å². The van der Waals surface area contributed by atoms with E-state index >= 15 is 0 Å². The zero-order valence-corrected chi connectivity index (χ0v) is 16.4. The first-order valence-corrected chi connectivity index (χ1v) is 9.10. The highest BCUT2D eigenvalue weighted by Crippen LogP contribution is 2.30. The zero-order chi connectivity index (χ0) is 18.6. The maximum absolute atomic E-state index is 12.4. The molecule has 1 aromatic carbocycles. The minimum Gasteiger partial charge on any atom is -0.448 e. The Morgan fingerprint density at radius 1 is 1.14 bits per heavy atom. The Balaban J connectivity index is 0.00000225. The molecule has 0 spiro atoms. The number of hydrogen-bond donors (Lipinski definition) is 0. The lowest BCUT2D eigenvalue weighted by Crippen LogP contribution is -2.39. The van der Waals surface area contributed by atoms with Crippen LogP contribution in [0.3, 0.4) is 0 Å². The van der Waals surface area contributed by atoms with Crippen molar-refractivity contribution in [2.75, 3.05) is 13.1 Å². The van der Waals surface area contributed by atoms with Gasteiger partial charge in [0.2, 0.25) is 0 Å². The van der Waals surface area contributed by atoms with Gasteiger partial charge in [-0.05, 0) is 31.9 Å². The molecule has 3 aromatic rings. The predicted octanol–water partition coefficient (Wildman–Crippen LogP) is 4.85. The molecule has 1 amide bonds. The summed E-state index contributed by atoms with van der Waals surface area (Å²) in [6, 6.07) is 13.5. The van der Waals surface area contributed by atoms with Crippen molar-refractivity contribution in [3.63, 3.8) is 0 Å². The van der Waals surface area contributed by atoms with Crippen LogP contribution in [-0.2, 0) is 0 Å². The Morgan fingerprint density at radius 2 is 1.89 bits per heavy atom. The monoisotopic (exact) mass is 399 g/mol. The number of rotatable bonds is 3. The van der Waals surface area contributed by atoms with Crippen molar-refractivity contribution in [1.82, 2.24) is 14.9 Å². The molecule has 4 rings (SSSR count). The van der Waals surface area contributed by atoms with Crippen LogP contribution >= 0.6 is 12.4 Å². The molecular formula is C21H22ClN3O3. The van der Waals surface area contributed by atoms with E-state index in [0.717, 1.165) is 30.0 Å². The number of amides is 1. The van der Waals surface area contributed by atoms with Crippen LogP contribution in [0.2, 0.25) is 0 Å². The van der Waals surface area contributed by atoms with Crippen molar-refractivity contribution in [3.8, 4) is 17.0 Å². The standard InChI is InChI=1S/C21H21N3O3.ClH/c1-15-19(8-5-11-22-15)27-21(25)24-12-9-17(10-13-24)20-23-18(14-26-20)16-6-3-2-4-7-16;/h2-8,11,14,17H,9-10,12-13H2,1H3;1H. The Hall–Kier alpha value is -2.86. The Bertz CT molecular complexity index is 921. The van der Waals surface area contributed by atoms with Crippen LogP contribution in [0.25, 0.3) is 11.3 Å². The molecular weight excluding hydrogens is 378 g/mol. The molecule has 1 saturated heterocycles. The summed E-state index contributed by atoms with van der Waals surface area (Å²) in [7, 11) is 0. The number of piperidine rings is 1. The fourth-order valence-electron chi connectivity index (χ4n) is 3.26. The van der Waals surface area contributed by atoms with Crippen molar-refractivity contribution in [1.29, 1.82) is 0 Å².